The molecule has 0 amide bonds. The van der Waals surface area contributed by atoms with Crippen LogP contribution in [0.5, 0.6) is 0 Å². The van der Waals surface area contributed by atoms with Crippen LogP contribution in [0.2, 0.25) is 0 Å². The minimum atomic E-state index is 0.294. The number of aromatic nitrogens is 2. The Balaban J connectivity index is 2.23. The highest BCUT2D eigenvalue weighted by Crippen LogP contribution is 2.28. The number of hydrogen-bond acceptors (Lipinski definition) is 2. The van der Waals surface area contributed by atoms with Crippen molar-refractivity contribution in [2.24, 2.45) is 5.73 Å². The summed E-state index contributed by atoms with van der Waals surface area (Å²) in [5, 5.41) is 0. The molecule has 3 nitrogen and oxygen atoms in total. The molecule has 1 heterocycles. The van der Waals surface area contributed by atoms with Crippen LogP contribution >= 0.6 is 0 Å². The van der Waals surface area contributed by atoms with E-state index in [4.69, 9.17) is 10.7 Å². The molecule has 1 atom stereocenters. The van der Waals surface area contributed by atoms with Crippen LogP contribution in [0, 0.1) is 0 Å². The Labute approximate surface area is 125 Å². The van der Waals surface area contributed by atoms with Crippen molar-refractivity contribution in [1.29, 1.82) is 0 Å². The van der Waals surface area contributed by atoms with Crippen LogP contribution in [0.4, 0.5) is 0 Å². The smallest absolute Gasteiger partial charge is 0.118 e. The predicted molar refractivity (Wildman–Crippen MR) is 87.8 cm³/mol. The molecule has 2 N–H and O–H groups in total. The molecule has 0 aliphatic rings. The number of nitrogens with two attached hydrogens (primary N) is 1. The zero-order chi connectivity index (χ0) is 14.7. The van der Waals surface area contributed by atoms with Gasteiger partial charge in [0.2, 0.25) is 0 Å². The lowest BCUT2D eigenvalue weighted by Crippen LogP contribution is -2.17. The van der Waals surface area contributed by atoms with E-state index in [2.05, 4.69) is 54.0 Å². The summed E-state index contributed by atoms with van der Waals surface area (Å²) in [7, 11) is 0. The zero-order valence-corrected chi connectivity index (χ0v) is 12.4. The molecule has 3 heteroatoms. The molecular weight excluding hydrogens is 258 g/mol. The Bertz CT molecular complexity index is 716. The third-order valence-electron chi connectivity index (χ3n) is 3.89. The Morgan fingerprint density at radius 1 is 1.05 bits per heavy atom. The minimum absolute atomic E-state index is 0.294. The first-order valence-electron chi connectivity index (χ1n) is 7.58. The van der Waals surface area contributed by atoms with Gasteiger partial charge >= 0.3 is 0 Å². The monoisotopic (exact) mass is 279 g/mol. The van der Waals surface area contributed by atoms with Gasteiger partial charge in [-0.1, -0.05) is 43.7 Å². The number of fused-ring (bicyclic) bond motifs is 1. The van der Waals surface area contributed by atoms with Gasteiger partial charge in [-0.3, -0.25) is 4.57 Å². The fraction of sp³-hybridized carbons (Fsp3) is 0.278. The average Bonchev–Trinajstić information content (AvgIpc) is 2.92. The normalized spacial score (nSPS) is 12.7. The zero-order valence-electron chi connectivity index (χ0n) is 12.4. The van der Waals surface area contributed by atoms with Gasteiger partial charge in [0.05, 0.1) is 11.0 Å². The van der Waals surface area contributed by atoms with E-state index in [1.54, 1.807) is 0 Å². The minimum Gasteiger partial charge on any atom is -0.330 e. The summed E-state index contributed by atoms with van der Waals surface area (Å²) in [4.78, 5) is 4.86. The molecule has 0 bridgehead atoms. The van der Waals surface area contributed by atoms with Crippen molar-refractivity contribution in [3.05, 3.63) is 60.4 Å². The summed E-state index contributed by atoms with van der Waals surface area (Å²) in [6.45, 7) is 2.82. The number of benzene rings is 2. The molecule has 1 unspecified atom stereocenters. The molecule has 0 saturated heterocycles. The van der Waals surface area contributed by atoms with Crippen LogP contribution in [0.3, 0.4) is 0 Å². The van der Waals surface area contributed by atoms with Gasteiger partial charge in [0, 0.05) is 18.2 Å². The topological polar surface area (TPSA) is 43.8 Å². The van der Waals surface area contributed by atoms with Crippen LogP contribution in [0.25, 0.3) is 16.7 Å². The molecule has 0 fully saturated rings. The first-order chi connectivity index (χ1) is 10.3. The van der Waals surface area contributed by atoms with Gasteiger partial charge in [-0.15, -0.1) is 0 Å². The molecule has 2 aromatic carbocycles. The van der Waals surface area contributed by atoms with E-state index in [0.717, 1.165) is 35.4 Å². The number of nitrogens with zero attached hydrogens (tertiary/aromatic N) is 2. The predicted octanol–water partition coefficient (Wildman–Crippen LogP) is 3.87. The maximum atomic E-state index is 6.01. The van der Waals surface area contributed by atoms with Gasteiger partial charge in [0.15, 0.2) is 0 Å². The number of imidazole rings is 1. The van der Waals surface area contributed by atoms with Gasteiger partial charge in [0.25, 0.3) is 0 Å². The second-order valence-corrected chi connectivity index (χ2v) is 5.35. The van der Waals surface area contributed by atoms with E-state index in [-0.39, 0.29) is 0 Å². The van der Waals surface area contributed by atoms with Crippen molar-refractivity contribution >= 4 is 11.0 Å². The molecule has 1 aromatic heterocycles. The molecule has 108 valence electrons. The standard InChI is InChI=1S/C18H21N3/c1-2-8-14(13-19)18-20-16-11-6-7-12-17(16)21(18)15-9-4-3-5-10-15/h3-7,9-12,14H,2,8,13,19H2,1H3. The molecule has 3 aromatic rings. The number of rotatable bonds is 5. The van der Waals surface area contributed by atoms with Crippen molar-refractivity contribution in [3.63, 3.8) is 0 Å². The Kier molecular flexibility index (Phi) is 4.02. The maximum absolute atomic E-state index is 6.01. The van der Waals surface area contributed by atoms with E-state index < -0.39 is 0 Å². The summed E-state index contributed by atoms with van der Waals surface area (Å²) in [6, 6.07) is 18.7. The Morgan fingerprint density at radius 2 is 1.76 bits per heavy atom. The van der Waals surface area contributed by atoms with Crippen molar-refractivity contribution in [1.82, 2.24) is 9.55 Å². The molecule has 0 radical (unpaired) electrons. The van der Waals surface area contributed by atoms with Crippen LogP contribution in [-0.4, -0.2) is 16.1 Å². The maximum Gasteiger partial charge on any atom is 0.118 e. The molecule has 3 rings (SSSR count). The second kappa shape index (κ2) is 6.10. The summed E-state index contributed by atoms with van der Waals surface area (Å²) in [6.07, 6.45) is 2.17. The number of hydrogen-bond donors (Lipinski definition) is 1. The van der Waals surface area contributed by atoms with E-state index in [1.165, 1.54) is 0 Å². The van der Waals surface area contributed by atoms with Gasteiger partial charge < -0.3 is 5.73 Å². The van der Waals surface area contributed by atoms with E-state index in [0.29, 0.717) is 12.5 Å². The fourth-order valence-corrected chi connectivity index (χ4v) is 2.87. The molecule has 0 saturated carbocycles. The first-order valence-corrected chi connectivity index (χ1v) is 7.58. The summed E-state index contributed by atoms with van der Waals surface area (Å²) in [5.41, 5.74) is 9.33. The lowest BCUT2D eigenvalue weighted by molar-refractivity contribution is 0.584. The quantitative estimate of drug-likeness (QED) is 0.770. The Morgan fingerprint density at radius 3 is 2.48 bits per heavy atom. The fourth-order valence-electron chi connectivity index (χ4n) is 2.87. The van der Waals surface area contributed by atoms with Crippen molar-refractivity contribution in [2.75, 3.05) is 6.54 Å². The van der Waals surface area contributed by atoms with E-state index in [9.17, 15) is 0 Å². The van der Waals surface area contributed by atoms with Crippen molar-refractivity contribution < 1.29 is 0 Å². The molecular formula is C18H21N3. The van der Waals surface area contributed by atoms with Gasteiger partial charge in [-0.25, -0.2) is 4.98 Å². The average molecular weight is 279 g/mol. The van der Waals surface area contributed by atoms with Crippen LogP contribution in [-0.2, 0) is 0 Å². The summed E-state index contributed by atoms with van der Waals surface area (Å²) < 4.78 is 2.25. The van der Waals surface area contributed by atoms with Crippen molar-refractivity contribution in [3.8, 4) is 5.69 Å². The SMILES string of the molecule is CCCC(CN)c1nc2ccccc2n1-c1ccccc1. The summed E-state index contributed by atoms with van der Waals surface area (Å²) >= 11 is 0. The Hall–Kier alpha value is -2.13. The highest BCUT2D eigenvalue weighted by Gasteiger charge is 2.19. The molecule has 0 aliphatic heterocycles. The third-order valence-corrected chi connectivity index (χ3v) is 3.89. The number of para-hydroxylation sites is 3. The third kappa shape index (κ3) is 2.57. The summed E-state index contributed by atoms with van der Waals surface area (Å²) in [5.74, 6) is 1.37. The molecule has 0 spiro atoms. The highest BCUT2D eigenvalue weighted by atomic mass is 15.1. The van der Waals surface area contributed by atoms with E-state index >= 15 is 0 Å². The van der Waals surface area contributed by atoms with Gasteiger partial charge in [-0.2, -0.15) is 0 Å². The van der Waals surface area contributed by atoms with Gasteiger partial charge in [-0.05, 0) is 30.7 Å². The van der Waals surface area contributed by atoms with Gasteiger partial charge in [0.1, 0.15) is 5.82 Å². The first kappa shape index (κ1) is 13.8. The lowest BCUT2D eigenvalue weighted by Gasteiger charge is -2.16. The molecule has 0 aliphatic carbocycles. The van der Waals surface area contributed by atoms with E-state index in [1.807, 2.05) is 12.1 Å². The van der Waals surface area contributed by atoms with Crippen LogP contribution in [0.15, 0.2) is 54.6 Å². The highest BCUT2D eigenvalue weighted by molar-refractivity contribution is 5.78. The second-order valence-electron chi connectivity index (χ2n) is 5.35. The van der Waals surface area contributed by atoms with Crippen molar-refractivity contribution in [2.45, 2.75) is 25.7 Å². The molecule has 21 heavy (non-hydrogen) atoms. The van der Waals surface area contributed by atoms with Crippen LogP contribution < -0.4 is 5.73 Å². The van der Waals surface area contributed by atoms with Crippen LogP contribution in [0.1, 0.15) is 31.5 Å². The largest absolute Gasteiger partial charge is 0.330 e. The lowest BCUT2D eigenvalue weighted by atomic mass is 10.0.